The molecule has 1 aromatic heterocycles. The standard InChI is InChI=1S/C22H27NO3S/c1-5-26-20(24)18-16-12-11-15(14-9-7-6-8-10-14)13-17(16)27-19(18)23-21(25)22(2,3)4/h6-10,15H,5,11-13H2,1-4H3,(H,23,25)/t15-/m0/s1. The molecule has 1 amide bonds. The first-order chi connectivity index (χ1) is 12.8. The second-order valence-electron chi connectivity index (χ2n) is 7.98. The van der Waals surface area contributed by atoms with E-state index >= 15 is 0 Å². The molecule has 0 fully saturated rings. The van der Waals surface area contributed by atoms with Crippen LogP contribution >= 0.6 is 11.3 Å². The molecule has 0 saturated carbocycles. The number of carbonyl (C=O) groups is 2. The number of esters is 1. The minimum absolute atomic E-state index is 0.0914. The normalized spacial score (nSPS) is 16.5. The maximum atomic E-state index is 12.6. The van der Waals surface area contributed by atoms with Gasteiger partial charge in [-0.2, -0.15) is 0 Å². The lowest BCUT2D eigenvalue weighted by Crippen LogP contribution is -2.28. The van der Waals surface area contributed by atoms with Crippen molar-refractivity contribution in [1.82, 2.24) is 0 Å². The average molecular weight is 386 g/mol. The molecule has 1 N–H and O–H groups in total. The summed E-state index contributed by atoms with van der Waals surface area (Å²) in [6.07, 6.45) is 2.71. The topological polar surface area (TPSA) is 55.4 Å². The van der Waals surface area contributed by atoms with Crippen LogP contribution in [-0.2, 0) is 22.4 Å². The van der Waals surface area contributed by atoms with Gasteiger partial charge in [-0.1, -0.05) is 51.1 Å². The first-order valence-corrected chi connectivity index (χ1v) is 10.3. The Labute approximate surface area is 164 Å². The molecule has 2 aromatic rings. The monoisotopic (exact) mass is 385 g/mol. The first kappa shape index (κ1) is 19.6. The fourth-order valence-electron chi connectivity index (χ4n) is 3.39. The highest BCUT2D eigenvalue weighted by Gasteiger charge is 2.32. The van der Waals surface area contributed by atoms with E-state index < -0.39 is 5.41 Å². The summed E-state index contributed by atoms with van der Waals surface area (Å²) < 4.78 is 5.29. The molecule has 1 heterocycles. The summed E-state index contributed by atoms with van der Waals surface area (Å²) in [4.78, 5) is 26.3. The van der Waals surface area contributed by atoms with Crippen LogP contribution in [0.5, 0.6) is 0 Å². The Morgan fingerprint density at radius 3 is 2.56 bits per heavy atom. The third kappa shape index (κ3) is 4.24. The number of thiophene rings is 1. The molecule has 4 nitrogen and oxygen atoms in total. The van der Waals surface area contributed by atoms with Crippen molar-refractivity contribution in [3.8, 4) is 0 Å². The quantitative estimate of drug-likeness (QED) is 0.738. The number of hydrogen-bond donors (Lipinski definition) is 1. The minimum atomic E-state index is -0.525. The lowest BCUT2D eigenvalue weighted by Gasteiger charge is -2.23. The number of anilines is 1. The average Bonchev–Trinajstić information content (AvgIpc) is 2.98. The lowest BCUT2D eigenvalue weighted by molar-refractivity contribution is -0.123. The van der Waals surface area contributed by atoms with Crippen molar-refractivity contribution in [3.05, 3.63) is 51.9 Å². The fraction of sp³-hybridized carbons (Fsp3) is 0.455. The Balaban J connectivity index is 1.94. The Morgan fingerprint density at radius 2 is 1.93 bits per heavy atom. The number of benzene rings is 1. The number of rotatable bonds is 4. The van der Waals surface area contributed by atoms with Crippen LogP contribution in [0.15, 0.2) is 30.3 Å². The highest BCUT2D eigenvalue weighted by Crippen LogP contribution is 2.43. The number of carbonyl (C=O) groups excluding carboxylic acids is 2. The molecule has 0 unspecified atom stereocenters. The smallest absolute Gasteiger partial charge is 0.341 e. The third-order valence-corrected chi connectivity index (χ3v) is 6.09. The van der Waals surface area contributed by atoms with Crippen molar-refractivity contribution in [3.63, 3.8) is 0 Å². The minimum Gasteiger partial charge on any atom is -0.462 e. The summed E-state index contributed by atoms with van der Waals surface area (Å²) in [5, 5.41) is 3.61. The maximum Gasteiger partial charge on any atom is 0.341 e. The van der Waals surface area contributed by atoms with Crippen LogP contribution in [0, 0.1) is 5.41 Å². The molecule has 144 valence electrons. The van der Waals surface area contributed by atoms with E-state index in [-0.39, 0.29) is 11.9 Å². The molecule has 0 aliphatic heterocycles. The van der Waals surface area contributed by atoms with Crippen LogP contribution in [0.3, 0.4) is 0 Å². The summed E-state index contributed by atoms with van der Waals surface area (Å²) in [6.45, 7) is 7.72. The summed E-state index contributed by atoms with van der Waals surface area (Å²) in [5.41, 5.74) is 2.41. The first-order valence-electron chi connectivity index (χ1n) is 9.49. The van der Waals surface area contributed by atoms with Crippen LogP contribution in [0.2, 0.25) is 0 Å². The molecular formula is C22H27NO3S. The van der Waals surface area contributed by atoms with Gasteiger partial charge >= 0.3 is 5.97 Å². The zero-order valence-electron chi connectivity index (χ0n) is 16.4. The van der Waals surface area contributed by atoms with Gasteiger partial charge in [0, 0.05) is 10.3 Å². The van der Waals surface area contributed by atoms with E-state index in [4.69, 9.17) is 4.74 Å². The molecular weight excluding hydrogens is 358 g/mol. The van der Waals surface area contributed by atoms with Gasteiger partial charge in [-0.15, -0.1) is 11.3 Å². The third-order valence-electron chi connectivity index (χ3n) is 4.92. The molecule has 1 aromatic carbocycles. The zero-order chi connectivity index (χ0) is 19.6. The Morgan fingerprint density at radius 1 is 1.22 bits per heavy atom. The van der Waals surface area contributed by atoms with Crippen LogP contribution in [-0.4, -0.2) is 18.5 Å². The van der Waals surface area contributed by atoms with Crippen molar-refractivity contribution in [1.29, 1.82) is 0 Å². The van der Waals surface area contributed by atoms with Gasteiger partial charge in [0.25, 0.3) is 0 Å². The number of nitrogens with one attached hydrogen (secondary N) is 1. The molecule has 1 aliphatic carbocycles. The number of hydrogen-bond acceptors (Lipinski definition) is 4. The zero-order valence-corrected chi connectivity index (χ0v) is 17.2. The number of fused-ring (bicyclic) bond motifs is 1. The van der Waals surface area contributed by atoms with Gasteiger partial charge in [0.15, 0.2) is 0 Å². The Kier molecular flexibility index (Phi) is 5.70. The summed E-state index contributed by atoms with van der Waals surface area (Å²) in [5.74, 6) is 0.0159. The van der Waals surface area contributed by atoms with E-state index in [1.807, 2.05) is 26.8 Å². The summed E-state index contributed by atoms with van der Waals surface area (Å²) in [6, 6.07) is 10.5. The maximum absolute atomic E-state index is 12.6. The van der Waals surface area contributed by atoms with Crippen molar-refractivity contribution in [2.75, 3.05) is 11.9 Å². The molecule has 0 radical (unpaired) electrons. The Bertz CT molecular complexity index is 833. The predicted octanol–water partition coefficient (Wildman–Crippen LogP) is 5.18. The molecule has 1 aliphatic rings. The SMILES string of the molecule is CCOC(=O)c1c(NC(=O)C(C)(C)C)sc2c1CC[C@H](c1ccccc1)C2. The van der Waals surface area contributed by atoms with E-state index in [1.54, 1.807) is 6.92 Å². The van der Waals surface area contributed by atoms with Crippen LogP contribution in [0.25, 0.3) is 0 Å². The molecule has 1 atom stereocenters. The van der Waals surface area contributed by atoms with Gasteiger partial charge in [-0.25, -0.2) is 4.79 Å². The van der Waals surface area contributed by atoms with Gasteiger partial charge in [0.1, 0.15) is 5.00 Å². The summed E-state index contributed by atoms with van der Waals surface area (Å²) >= 11 is 1.53. The highest BCUT2D eigenvalue weighted by atomic mass is 32.1. The van der Waals surface area contributed by atoms with Crippen molar-refractivity contribution in [2.24, 2.45) is 5.41 Å². The van der Waals surface area contributed by atoms with Crippen LogP contribution < -0.4 is 5.32 Å². The van der Waals surface area contributed by atoms with Gasteiger partial charge < -0.3 is 10.1 Å². The largest absolute Gasteiger partial charge is 0.462 e. The van der Waals surface area contributed by atoms with E-state index in [0.29, 0.717) is 23.1 Å². The molecule has 0 saturated heterocycles. The van der Waals surface area contributed by atoms with Gasteiger partial charge in [-0.05, 0) is 43.2 Å². The van der Waals surface area contributed by atoms with Crippen LogP contribution in [0.4, 0.5) is 5.00 Å². The summed E-state index contributed by atoms with van der Waals surface area (Å²) in [7, 11) is 0. The second-order valence-corrected chi connectivity index (χ2v) is 9.09. The lowest BCUT2D eigenvalue weighted by atomic mass is 9.83. The highest BCUT2D eigenvalue weighted by molar-refractivity contribution is 7.17. The number of amides is 1. The van der Waals surface area contributed by atoms with Crippen molar-refractivity contribution in [2.45, 2.75) is 52.9 Å². The van der Waals surface area contributed by atoms with Gasteiger partial charge in [0.2, 0.25) is 5.91 Å². The van der Waals surface area contributed by atoms with E-state index in [1.165, 1.54) is 21.8 Å². The van der Waals surface area contributed by atoms with Crippen molar-refractivity contribution < 1.29 is 14.3 Å². The van der Waals surface area contributed by atoms with Crippen molar-refractivity contribution >= 4 is 28.2 Å². The molecule has 3 rings (SSSR count). The van der Waals surface area contributed by atoms with E-state index in [0.717, 1.165) is 24.8 Å². The molecule has 0 bridgehead atoms. The van der Waals surface area contributed by atoms with Crippen LogP contribution in [0.1, 0.15) is 66.4 Å². The van der Waals surface area contributed by atoms with Gasteiger partial charge in [-0.3, -0.25) is 4.79 Å². The molecule has 27 heavy (non-hydrogen) atoms. The second kappa shape index (κ2) is 7.85. The number of ether oxygens (including phenoxy) is 1. The molecule has 0 spiro atoms. The molecule has 5 heteroatoms. The van der Waals surface area contributed by atoms with E-state index in [2.05, 4.69) is 29.6 Å². The van der Waals surface area contributed by atoms with E-state index in [9.17, 15) is 9.59 Å². The predicted molar refractivity (Wildman–Crippen MR) is 110 cm³/mol. The van der Waals surface area contributed by atoms with Gasteiger partial charge in [0.05, 0.1) is 12.2 Å². The fourth-order valence-corrected chi connectivity index (χ4v) is 4.70. The Hall–Kier alpha value is -2.14.